The number of nitrogens with one attached hydrogen (secondary N) is 1. The minimum atomic E-state index is -0.461. The van der Waals surface area contributed by atoms with Crippen molar-refractivity contribution in [3.8, 4) is 0 Å². The molecular weight excluding hydrogens is 250 g/mol. The SMILES string of the molecule is CC(C)c1ccccc1C1(NC(=O)OC(C)(C)C)CC1. The van der Waals surface area contributed by atoms with Crippen molar-refractivity contribution in [1.82, 2.24) is 5.32 Å². The van der Waals surface area contributed by atoms with E-state index in [2.05, 4.69) is 37.4 Å². The van der Waals surface area contributed by atoms with Gasteiger partial charge in [0.1, 0.15) is 5.60 Å². The largest absolute Gasteiger partial charge is 0.444 e. The van der Waals surface area contributed by atoms with Crippen molar-refractivity contribution >= 4 is 6.09 Å². The molecule has 20 heavy (non-hydrogen) atoms. The number of carbonyl (C=O) groups excluding carboxylic acids is 1. The van der Waals surface area contributed by atoms with Gasteiger partial charge < -0.3 is 10.1 Å². The highest BCUT2D eigenvalue weighted by atomic mass is 16.6. The minimum Gasteiger partial charge on any atom is -0.444 e. The van der Waals surface area contributed by atoms with Crippen LogP contribution in [-0.2, 0) is 10.3 Å². The van der Waals surface area contributed by atoms with Gasteiger partial charge in [0, 0.05) is 0 Å². The quantitative estimate of drug-likeness (QED) is 0.892. The van der Waals surface area contributed by atoms with Gasteiger partial charge in [-0.05, 0) is 50.7 Å². The van der Waals surface area contributed by atoms with E-state index in [1.807, 2.05) is 26.8 Å². The molecule has 1 N–H and O–H groups in total. The lowest BCUT2D eigenvalue weighted by Crippen LogP contribution is -2.39. The van der Waals surface area contributed by atoms with Crippen LogP contribution in [0.1, 0.15) is 64.5 Å². The van der Waals surface area contributed by atoms with E-state index in [4.69, 9.17) is 4.74 Å². The summed E-state index contributed by atoms with van der Waals surface area (Å²) in [5.74, 6) is 0.448. The molecule has 1 aliphatic carbocycles. The Labute approximate surface area is 121 Å². The van der Waals surface area contributed by atoms with Crippen molar-refractivity contribution in [2.75, 3.05) is 0 Å². The lowest BCUT2D eigenvalue weighted by atomic mass is 9.91. The fraction of sp³-hybridized carbons (Fsp3) is 0.588. The molecule has 1 aromatic rings. The lowest BCUT2D eigenvalue weighted by molar-refractivity contribution is 0.0495. The summed E-state index contributed by atoms with van der Waals surface area (Å²) in [5.41, 5.74) is 1.86. The second-order valence-corrected chi connectivity index (χ2v) is 6.95. The van der Waals surface area contributed by atoms with Crippen molar-refractivity contribution in [2.24, 2.45) is 0 Å². The molecule has 1 amide bonds. The van der Waals surface area contributed by atoms with Crippen LogP contribution >= 0.6 is 0 Å². The topological polar surface area (TPSA) is 38.3 Å². The maximum atomic E-state index is 12.0. The Morgan fingerprint density at radius 1 is 1.25 bits per heavy atom. The van der Waals surface area contributed by atoms with Gasteiger partial charge >= 0.3 is 6.09 Å². The number of hydrogen-bond acceptors (Lipinski definition) is 2. The standard InChI is InChI=1S/C17H25NO2/c1-12(2)13-8-6-7-9-14(13)17(10-11-17)18-15(19)20-16(3,4)5/h6-9,12H,10-11H2,1-5H3,(H,18,19). The highest BCUT2D eigenvalue weighted by Gasteiger charge is 2.47. The molecule has 0 aliphatic heterocycles. The third-order valence-electron chi connectivity index (χ3n) is 3.59. The maximum absolute atomic E-state index is 12.0. The molecule has 0 radical (unpaired) electrons. The first-order valence-electron chi connectivity index (χ1n) is 7.34. The van der Waals surface area contributed by atoms with Crippen LogP contribution in [0.3, 0.4) is 0 Å². The molecule has 0 aromatic heterocycles. The monoisotopic (exact) mass is 275 g/mol. The first kappa shape index (κ1) is 14.9. The van der Waals surface area contributed by atoms with Crippen LogP contribution in [-0.4, -0.2) is 11.7 Å². The Hall–Kier alpha value is -1.51. The highest BCUT2D eigenvalue weighted by molar-refractivity contribution is 5.70. The molecule has 2 rings (SSSR count). The van der Waals surface area contributed by atoms with Gasteiger partial charge in [0.15, 0.2) is 0 Å². The molecule has 1 aromatic carbocycles. The average Bonchev–Trinajstić information content (AvgIpc) is 3.07. The van der Waals surface area contributed by atoms with Crippen LogP contribution in [0.5, 0.6) is 0 Å². The van der Waals surface area contributed by atoms with Crippen LogP contribution < -0.4 is 5.32 Å². The fourth-order valence-electron chi connectivity index (χ4n) is 2.52. The predicted octanol–water partition coefficient (Wildman–Crippen LogP) is 4.32. The molecule has 0 unspecified atom stereocenters. The van der Waals surface area contributed by atoms with E-state index >= 15 is 0 Å². The zero-order valence-electron chi connectivity index (χ0n) is 13.1. The highest BCUT2D eigenvalue weighted by Crippen LogP contribution is 2.48. The van der Waals surface area contributed by atoms with Crippen molar-refractivity contribution in [2.45, 2.75) is 64.5 Å². The van der Waals surface area contributed by atoms with Crippen LogP contribution in [0.2, 0.25) is 0 Å². The second-order valence-electron chi connectivity index (χ2n) is 6.95. The summed E-state index contributed by atoms with van der Waals surface area (Å²) in [6, 6.07) is 8.37. The zero-order chi connectivity index (χ0) is 15.0. The van der Waals surface area contributed by atoms with E-state index in [0.29, 0.717) is 5.92 Å². The van der Waals surface area contributed by atoms with Crippen LogP contribution in [0.4, 0.5) is 4.79 Å². The third kappa shape index (κ3) is 3.33. The molecule has 0 spiro atoms. The number of alkyl carbamates (subject to hydrolysis) is 1. The van der Waals surface area contributed by atoms with Gasteiger partial charge in [0.2, 0.25) is 0 Å². The molecule has 0 bridgehead atoms. The van der Waals surface area contributed by atoms with Gasteiger partial charge in [-0.25, -0.2) is 4.79 Å². The maximum Gasteiger partial charge on any atom is 0.408 e. The Morgan fingerprint density at radius 3 is 2.35 bits per heavy atom. The predicted molar refractivity (Wildman–Crippen MR) is 80.8 cm³/mol. The smallest absolute Gasteiger partial charge is 0.408 e. The molecule has 0 heterocycles. The van der Waals surface area contributed by atoms with Crippen molar-refractivity contribution in [1.29, 1.82) is 0 Å². The summed E-state index contributed by atoms with van der Waals surface area (Å²) in [4.78, 5) is 12.0. The van der Waals surface area contributed by atoms with Gasteiger partial charge in [-0.2, -0.15) is 0 Å². The zero-order valence-corrected chi connectivity index (χ0v) is 13.1. The summed E-state index contributed by atoms with van der Waals surface area (Å²) in [7, 11) is 0. The summed E-state index contributed by atoms with van der Waals surface area (Å²) >= 11 is 0. The molecule has 0 atom stereocenters. The van der Waals surface area contributed by atoms with Crippen molar-refractivity contribution in [3.05, 3.63) is 35.4 Å². The van der Waals surface area contributed by atoms with Gasteiger partial charge in [-0.3, -0.25) is 0 Å². The van der Waals surface area contributed by atoms with Crippen LogP contribution in [0.15, 0.2) is 24.3 Å². The molecule has 1 aliphatic rings. The Morgan fingerprint density at radius 2 is 1.85 bits per heavy atom. The van der Waals surface area contributed by atoms with Crippen molar-refractivity contribution in [3.63, 3.8) is 0 Å². The number of carbonyl (C=O) groups is 1. The second kappa shape index (κ2) is 5.12. The van der Waals surface area contributed by atoms with E-state index in [9.17, 15) is 4.79 Å². The van der Waals surface area contributed by atoms with E-state index in [0.717, 1.165) is 12.8 Å². The first-order valence-corrected chi connectivity index (χ1v) is 7.34. The fourth-order valence-corrected chi connectivity index (χ4v) is 2.52. The molecule has 0 saturated heterocycles. The van der Waals surface area contributed by atoms with Gasteiger partial charge in [0.25, 0.3) is 0 Å². The van der Waals surface area contributed by atoms with Gasteiger partial charge in [0.05, 0.1) is 5.54 Å². The Kier molecular flexibility index (Phi) is 3.81. The van der Waals surface area contributed by atoms with Crippen molar-refractivity contribution < 1.29 is 9.53 Å². The van der Waals surface area contributed by atoms with Gasteiger partial charge in [-0.15, -0.1) is 0 Å². The van der Waals surface area contributed by atoms with E-state index in [1.54, 1.807) is 0 Å². The Balaban J connectivity index is 2.18. The normalized spacial score (nSPS) is 16.9. The average molecular weight is 275 g/mol. The van der Waals surface area contributed by atoms with Crippen LogP contribution in [0.25, 0.3) is 0 Å². The summed E-state index contributed by atoms with van der Waals surface area (Å²) in [6.07, 6.45) is 1.64. The molecule has 3 heteroatoms. The molecule has 110 valence electrons. The number of ether oxygens (including phenoxy) is 1. The third-order valence-corrected chi connectivity index (χ3v) is 3.59. The summed E-state index contributed by atoms with van der Waals surface area (Å²) < 4.78 is 5.39. The Bertz CT molecular complexity index is 496. The number of benzene rings is 1. The summed E-state index contributed by atoms with van der Waals surface area (Å²) in [6.45, 7) is 10.0. The van der Waals surface area contributed by atoms with Crippen LogP contribution in [0, 0.1) is 0 Å². The van der Waals surface area contributed by atoms with Gasteiger partial charge in [-0.1, -0.05) is 38.1 Å². The number of hydrogen-bond donors (Lipinski definition) is 1. The number of rotatable bonds is 3. The van der Waals surface area contributed by atoms with E-state index in [1.165, 1.54) is 11.1 Å². The minimum absolute atomic E-state index is 0.219. The van der Waals surface area contributed by atoms with E-state index in [-0.39, 0.29) is 11.6 Å². The first-order chi connectivity index (χ1) is 9.23. The van der Waals surface area contributed by atoms with E-state index < -0.39 is 5.60 Å². The molecule has 1 fully saturated rings. The molecule has 3 nitrogen and oxygen atoms in total. The number of amides is 1. The lowest BCUT2D eigenvalue weighted by Gasteiger charge is -2.25. The molecular formula is C17H25NO2. The summed E-state index contributed by atoms with van der Waals surface area (Å²) in [5, 5.41) is 3.07. The molecule has 1 saturated carbocycles.